The molecule has 0 saturated heterocycles. The standard InChI is InChI=1S/C9H9N5O/c10-9(15)14-11-5-8-12-6-3-1-2-4-7(6)13-8/h1-5H,(H,12,13)(H3,10,14,15). The number of para-hydroxylation sites is 2. The van der Waals surface area contributed by atoms with E-state index in [9.17, 15) is 4.79 Å². The number of rotatable bonds is 2. The van der Waals surface area contributed by atoms with Crippen LogP contribution in [0.3, 0.4) is 0 Å². The number of urea groups is 1. The van der Waals surface area contributed by atoms with Crippen molar-refractivity contribution in [2.24, 2.45) is 10.8 Å². The Bertz CT molecular complexity index is 483. The summed E-state index contributed by atoms with van der Waals surface area (Å²) in [5.74, 6) is 0.560. The Hall–Kier alpha value is -2.37. The molecule has 0 unspecified atom stereocenters. The number of nitrogens with two attached hydrogens (primary N) is 1. The Morgan fingerprint density at radius 2 is 2.33 bits per heavy atom. The molecular weight excluding hydrogens is 194 g/mol. The van der Waals surface area contributed by atoms with Crippen LogP contribution in [-0.2, 0) is 0 Å². The molecule has 0 aliphatic heterocycles. The lowest BCUT2D eigenvalue weighted by atomic mass is 10.3. The maximum atomic E-state index is 10.3. The Morgan fingerprint density at radius 3 is 3.07 bits per heavy atom. The molecule has 2 rings (SSSR count). The lowest BCUT2D eigenvalue weighted by Gasteiger charge is -1.87. The Labute approximate surface area is 85.2 Å². The number of imidazole rings is 1. The lowest BCUT2D eigenvalue weighted by molar-refractivity contribution is 0.249. The normalized spacial score (nSPS) is 10.9. The van der Waals surface area contributed by atoms with Crippen molar-refractivity contribution in [3.05, 3.63) is 30.1 Å². The van der Waals surface area contributed by atoms with Gasteiger partial charge in [-0.1, -0.05) is 12.1 Å². The van der Waals surface area contributed by atoms with Crippen LogP contribution >= 0.6 is 0 Å². The van der Waals surface area contributed by atoms with E-state index in [4.69, 9.17) is 5.73 Å². The van der Waals surface area contributed by atoms with Crippen molar-refractivity contribution in [1.82, 2.24) is 15.4 Å². The summed E-state index contributed by atoms with van der Waals surface area (Å²) in [7, 11) is 0. The van der Waals surface area contributed by atoms with Crippen molar-refractivity contribution in [1.29, 1.82) is 0 Å². The summed E-state index contributed by atoms with van der Waals surface area (Å²) in [6, 6.07) is 6.88. The summed E-state index contributed by atoms with van der Waals surface area (Å²) in [6.45, 7) is 0. The second kappa shape index (κ2) is 3.79. The number of amides is 2. The van der Waals surface area contributed by atoms with Crippen LogP contribution in [-0.4, -0.2) is 22.2 Å². The summed E-state index contributed by atoms with van der Waals surface area (Å²) in [5, 5.41) is 3.59. The molecule has 6 heteroatoms. The van der Waals surface area contributed by atoms with Gasteiger partial charge in [0.2, 0.25) is 0 Å². The van der Waals surface area contributed by atoms with Crippen molar-refractivity contribution >= 4 is 23.3 Å². The molecule has 0 fully saturated rings. The number of nitrogens with zero attached hydrogens (tertiary/aromatic N) is 2. The fourth-order valence-corrected chi connectivity index (χ4v) is 1.19. The molecule has 2 amide bonds. The zero-order valence-corrected chi connectivity index (χ0v) is 7.77. The van der Waals surface area contributed by atoms with Gasteiger partial charge in [-0.2, -0.15) is 5.10 Å². The molecule has 0 bridgehead atoms. The number of hydrogen-bond donors (Lipinski definition) is 3. The van der Waals surface area contributed by atoms with E-state index in [0.717, 1.165) is 11.0 Å². The summed E-state index contributed by atoms with van der Waals surface area (Å²) in [6.07, 6.45) is 1.39. The van der Waals surface area contributed by atoms with E-state index in [0.29, 0.717) is 5.82 Å². The zero-order valence-electron chi connectivity index (χ0n) is 7.77. The first-order valence-corrected chi connectivity index (χ1v) is 4.29. The number of nitrogens with one attached hydrogen (secondary N) is 2. The number of carbonyl (C=O) groups is 1. The average molecular weight is 203 g/mol. The number of benzene rings is 1. The number of H-pyrrole nitrogens is 1. The van der Waals surface area contributed by atoms with Gasteiger partial charge in [0.15, 0.2) is 5.82 Å². The molecule has 0 spiro atoms. The second-order valence-corrected chi connectivity index (χ2v) is 2.87. The largest absolute Gasteiger partial charge is 0.350 e. The fraction of sp³-hybridized carbons (Fsp3) is 0. The minimum absolute atomic E-state index is 0.560. The van der Waals surface area contributed by atoms with Gasteiger partial charge < -0.3 is 10.7 Å². The molecule has 15 heavy (non-hydrogen) atoms. The molecule has 1 aromatic carbocycles. The number of fused-ring (bicyclic) bond motifs is 1. The smallest absolute Gasteiger partial charge is 0.332 e. The minimum Gasteiger partial charge on any atom is -0.350 e. The molecular formula is C9H9N5O. The number of aromatic nitrogens is 2. The molecule has 0 aliphatic rings. The molecule has 2 aromatic rings. The number of hydrazone groups is 1. The van der Waals surface area contributed by atoms with Crippen molar-refractivity contribution in [2.75, 3.05) is 0 Å². The number of primary amides is 1. The first-order chi connectivity index (χ1) is 7.25. The minimum atomic E-state index is -0.706. The zero-order chi connectivity index (χ0) is 10.7. The van der Waals surface area contributed by atoms with E-state index in [1.54, 1.807) is 0 Å². The van der Waals surface area contributed by atoms with E-state index < -0.39 is 6.03 Å². The van der Waals surface area contributed by atoms with Gasteiger partial charge in [0, 0.05) is 0 Å². The van der Waals surface area contributed by atoms with Gasteiger partial charge in [0.1, 0.15) is 0 Å². The van der Waals surface area contributed by atoms with Gasteiger partial charge in [0.05, 0.1) is 17.2 Å². The average Bonchev–Trinajstić information content (AvgIpc) is 2.59. The van der Waals surface area contributed by atoms with Crippen LogP contribution in [0, 0.1) is 0 Å². The van der Waals surface area contributed by atoms with Gasteiger partial charge in [-0.05, 0) is 12.1 Å². The third kappa shape index (κ3) is 2.11. The van der Waals surface area contributed by atoms with Crippen molar-refractivity contribution < 1.29 is 4.79 Å². The van der Waals surface area contributed by atoms with Crippen molar-refractivity contribution in [3.8, 4) is 0 Å². The summed E-state index contributed by atoms with van der Waals surface area (Å²) < 4.78 is 0. The molecule has 0 aliphatic carbocycles. The topological polar surface area (TPSA) is 96.2 Å². The van der Waals surface area contributed by atoms with Crippen LogP contribution in [0.25, 0.3) is 11.0 Å². The highest BCUT2D eigenvalue weighted by Crippen LogP contribution is 2.08. The second-order valence-electron chi connectivity index (χ2n) is 2.87. The predicted octanol–water partition coefficient (Wildman–Crippen LogP) is 0.565. The summed E-state index contributed by atoms with van der Waals surface area (Å²) in [5.41, 5.74) is 8.68. The van der Waals surface area contributed by atoms with Gasteiger partial charge >= 0.3 is 6.03 Å². The van der Waals surface area contributed by atoms with E-state index >= 15 is 0 Å². The molecule has 4 N–H and O–H groups in total. The SMILES string of the molecule is NC(=O)NN=Cc1nc2ccccc2[nH]1. The van der Waals surface area contributed by atoms with Gasteiger partial charge in [0.25, 0.3) is 0 Å². The van der Waals surface area contributed by atoms with Crippen LogP contribution in [0.5, 0.6) is 0 Å². The summed E-state index contributed by atoms with van der Waals surface area (Å²) in [4.78, 5) is 17.6. The molecule has 6 nitrogen and oxygen atoms in total. The van der Waals surface area contributed by atoms with Gasteiger partial charge in [-0.3, -0.25) is 0 Å². The van der Waals surface area contributed by atoms with E-state index in [-0.39, 0.29) is 0 Å². The van der Waals surface area contributed by atoms with E-state index in [1.165, 1.54) is 6.21 Å². The first-order valence-electron chi connectivity index (χ1n) is 4.29. The maximum Gasteiger partial charge on any atom is 0.332 e. The number of aromatic amines is 1. The monoisotopic (exact) mass is 203 g/mol. The highest BCUT2D eigenvalue weighted by atomic mass is 16.2. The highest BCUT2D eigenvalue weighted by molar-refractivity contribution is 5.84. The van der Waals surface area contributed by atoms with Crippen LogP contribution in [0.4, 0.5) is 4.79 Å². The van der Waals surface area contributed by atoms with E-state index in [2.05, 4.69) is 20.5 Å². The van der Waals surface area contributed by atoms with Crippen molar-refractivity contribution in [3.63, 3.8) is 0 Å². The van der Waals surface area contributed by atoms with Crippen LogP contribution in [0.1, 0.15) is 5.82 Å². The lowest BCUT2D eigenvalue weighted by Crippen LogP contribution is -2.24. The van der Waals surface area contributed by atoms with E-state index in [1.807, 2.05) is 24.3 Å². The first kappa shape index (κ1) is 9.20. The Balaban J connectivity index is 2.22. The number of hydrogen-bond acceptors (Lipinski definition) is 3. The maximum absolute atomic E-state index is 10.3. The van der Waals surface area contributed by atoms with Crippen LogP contribution < -0.4 is 11.2 Å². The molecule has 0 radical (unpaired) electrons. The fourth-order valence-electron chi connectivity index (χ4n) is 1.19. The molecule has 0 atom stereocenters. The third-order valence-electron chi connectivity index (χ3n) is 1.77. The molecule has 76 valence electrons. The van der Waals surface area contributed by atoms with Crippen molar-refractivity contribution in [2.45, 2.75) is 0 Å². The Kier molecular flexibility index (Phi) is 2.32. The van der Waals surface area contributed by atoms with Gasteiger partial charge in [-0.15, -0.1) is 0 Å². The quantitative estimate of drug-likeness (QED) is 0.491. The van der Waals surface area contributed by atoms with Crippen LogP contribution in [0.15, 0.2) is 29.4 Å². The summed E-state index contributed by atoms with van der Waals surface area (Å²) >= 11 is 0. The highest BCUT2D eigenvalue weighted by Gasteiger charge is 1.98. The molecule has 0 saturated carbocycles. The molecule has 1 heterocycles. The third-order valence-corrected chi connectivity index (χ3v) is 1.77. The van der Waals surface area contributed by atoms with Gasteiger partial charge in [-0.25, -0.2) is 15.2 Å². The molecule has 1 aromatic heterocycles. The number of carbonyl (C=O) groups excluding carboxylic acids is 1. The predicted molar refractivity (Wildman–Crippen MR) is 56.4 cm³/mol. The Morgan fingerprint density at radius 1 is 1.53 bits per heavy atom. The van der Waals surface area contributed by atoms with Crippen LogP contribution in [0.2, 0.25) is 0 Å².